The van der Waals surface area contributed by atoms with Crippen molar-refractivity contribution >= 4 is 11.0 Å². The maximum atomic E-state index is 13.3. The molecule has 2 atom stereocenters. The van der Waals surface area contributed by atoms with Crippen molar-refractivity contribution in [2.24, 2.45) is 11.7 Å². The van der Waals surface area contributed by atoms with E-state index < -0.39 is 0 Å². The van der Waals surface area contributed by atoms with Crippen LogP contribution in [0.4, 0.5) is 4.39 Å². The summed E-state index contributed by atoms with van der Waals surface area (Å²) in [5.41, 5.74) is 7.92. The molecule has 0 radical (unpaired) electrons. The molecule has 1 heterocycles. The van der Waals surface area contributed by atoms with Gasteiger partial charge in [-0.25, -0.2) is 4.39 Å². The van der Waals surface area contributed by atoms with Gasteiger partial charge in [0.05, 0.1) is 6.04 Å². The number of benzene rings is 1. The highest BCUT2D eigenvalue weighted by molar-refractivity contribution is 5.82. The number of rotatable bonds is 5. The Labute approximate surface area is 113 Å². The first-order valence-electron chi connectivity index (χ1n) is 6.97. The van der Waals surface area contributed by atoms with Crippen LogP contribution in [0.1, 0.15) is 50.5 Å². The fourth-order valence-electron chi connectivity index (χ4n) is 2.72. The maximum absolute atomic E-state index is 13.3. The Morgan fingerprint density at radius 2 is 2.11 bits per heavy atom. The minimum atomic E-state index is -0.240. The van der Waals surface area contributed by atoms with Gasteiger partial charge in [-0.2, -0.15) is 0 Å². The lowest BCUT2D eigenvalue weighted by Crippen LogP contribution is -2.14. The highest BCUT2D eigenvalue weighted by Crippen LogP contribution is 2.32. The van der Waals surface area contributed by atoms with E-state index in [9.17, 15) is 4.39 Å². The van der Waals surface area contributed by atoms with Crippen LogP contribution in [0, 0.1) is 18.7 Å². The fourth-order valence-corrected chi connectivity index (χ4v) is 2.72. The van der Waals surface area contributed by atoms with Crippen LogP contribution in [-0.4, -0.2) is 0 Å². The van der Waals surface area contributed by atoms with Crippen molar-refractivity contribution in [2.75, 3.05) is 0 Å². The smallest absolute Gasteiger partial charge is 0.134 e. The van der Waals surface area contributed by atoms with E-state index in [1.54, 1.807) is 6.07 Å². The predicted molar refractivity (Wildman–Crippen MR) is 76.5 cm³/mol. The molecule has 104 valence electrons. The van der Waals surface area contributed by atoms with E-state index in [2.05, 4.69) is 13.8 Å². The van der Waals surface area contributed by atoms with E-state index in [0.717, 1.165) is 29.6 Å². The predicted octanol–water partition coefficient (Wildman–Crippen LogP) is 4.71. The quantitative estimate of drug-likeness (QED) is 0.848. The third-order valence-electron chi connectivity index (χ3n) is 3.71. The average Bonchev–Trinajstić information content (AvgIpc) is 2.67. The molecule has 2 nitrogen and oxygen atoms in total. The first kappa shape index (κ1) is 14.1. The maximum Gasteiger partial charge on any atom is 0.134 e. The molecule has 0 fully saturated rings. The SMILES string of the molecule is CCCC(C)CC(N)c1oc2ccc(F)cc2c1C. The Kier molecular flexibility index (Phi) is 4.25. The van der Waals surface area contributed by atoms with Crippen molar-refractivity contribution in [3.8, 4) is 0 Å². The molecule has 0 saturated carbocycles. The second-order valence-corrected chi connectivity index (χ2v) is 5.47. The summed E-state index contributed by atoms with van der Waals surface area (Å²) in [4.78, 5) is 0. The van der Waals surface area contributed by atoms with Crippen LogP contribution in [0.2, 0.25) is 0 Å². The molecule has 1 aromatic carbocycles. The van der Waals surface area contributed by atoms with Gasteiger partial charge in [-0.3, -0.25) is 0 Å². The largest absolute Gasteiger partial charge is 0.459 e. The summed E-state index contributed by atoms with van der Waals surface area (Å²) in [7, 11) is 0. The highest BCUT2D eigenvalue weighted by Gasteiger charge is 2.19. The fraction of sp³-hybridized carbons (Fsp3) is 0.500. The number of hydrogen-bond donors (Lipinski definition) is 1. The summed E-state index contributed by atoms with van der Waals surface area (Å²) >= 11 is 0. The van der Waals surface area contributed by atoms with Crippen molar-refractivity contribution in [2.45, 2.75) is 46.1 Å². The molecule has 2 unspecified atom stereocenters. The Morgan fingerprint density at radius 3 is 2.79 bits per heavy atom. The first-order valence-corrected chi connectivity index (χ1v) is 6.97. The van der Waals surface area contributed by atoms with Crippen LogP contribution in [0.15, 0.2) is 22.6 Å². The van der Waals surface area contributed by atoms with Crippen LogP contribution in [-0.2, 0) is 0 Å². The third-order valence-corrected chi connectivity index (χ3v) is 3.71. The Balaban J connectivity index is 2.27. The van der Waals surface area contributed by atoms with Crippen molar-refractivity contribution < 1.29 is 8.81 Å². The van der Waals surface area contributed by atoms with Crippen LogP contribution in [0.5, 0.6) is 0 Å². The molecular formula is C16H22FNO. The lowest BCUT2D eigenvalue weighted by Gasteiger charge is -2.15. The van der Waals surface area contributed by atoms with E-state index in [0.29, 0.717) is 11.5 Å². The molecule has 2 rings (SSSR count). The van der Waals surface area contributed by atoms with Crippen LogP contribution in [0.25, 0.3) is 11.0 Å². The topological polar surface area (TPSA) is 39.2 Å². The van der Waals surface area contributed by atoms with Crippen LogP contribution >= 0.6 is 0 Å². The van der Waals surface area contributed by atoms with Crippen molar-refractivity contribution in [3.63, 3.8) is 0 Å². The van der Waals surface area contributed by atoms with Gasteiger partial charge >= 0.3 is 0 Å². The molecule has 0 saturated heterocycles. The molecule has 0 aliphatic rings. The molecule has 2 N–H and O–H groups in total. The number of aryl methyl sites for hydroxylation is 1. The van der Waals surface area contributed by atoms with Gasteiger partial charge in [0.15, 0.2) is 0 Å². The summed E-state index contributed by atoms with van der Waals surface area (Å²) in [6, 6.07) is 4.49. The summed E-state index contributed by atoms with van der Waals surface area (Å²) in [5.74, 6) is 1.13. The van der Waals surface area contributed by atoms with Crippen molar-refractivity contribution in [1.29, 1.82) is 0 Å². The molecular weight excluding hydrogens is 241 g/mol. The minimum absolute atomic E-state index is 0.114. The standard InChI is InChI=1S/C16H22FNO/c1-4-5-10(2)8-14(18)16-11(3)13-9-12(17)6-7-15(13)19-16/h6-7,9-10,14H,4-5,8,18H2,1-3H3. The van der Waals surface area contributed by atoms with Gasteiger partial charge in [-0.1, -0.05) is 26.7 Å². The summed E-state index contributed by atoms with van der Waals surface area (Å²) in [5, 5.41) is 0.827. The first-order chi connectivity index (χ1) is 9.02. The molecule has 0 bridgehead atoms. The second kappa shape index (κ2) is 5.74. The number of halogens is 1. The number of fused-ring (bicyclic) bond motifs is 1. The van der Waals surface area contributed by atoms with Crippen LogP contribution < -0.4 is 5.73 Å². The second-order valence-electron chi connectivity index (χ2n) is 5.47. The molecule has 0 aliphatic heterocycles. The van der Waals surface area contributed by atoms with Gasteiger partial charge in [0.25, 0.3) is 0 Å². The zero-order valence-corrected chi connectivity index (χ0v) is 11.9. The number of hydrogen-bond acceptors (Lipinski definition) is 2. The normalized spacial score (nSPS) is 14.8. The third kappa shape index (κ3) is 2.98. The van der Waals surface area contributed by atoms with Crippen molar-refractivity contribution in [1.82, 2.24) is 0 Å². The average molecular weight is 263 g/mol. The Morgan fingerprint density at radius 1 is 1.37 bits per heavy atom. The van der Waals surface area contributed by atoms with E-state index in [1.807, 2.05) is 6.92 Å². The van der Waals surface area contributed by atoms with Gasteiger partial charge in [0, 0.05) is 10.9 Å². The molecule has 19 heavy (non-hydrogen) atoms. The molecule has 3 heteroatoms. The Bertz CT molecular complexity index is 561. The van der Waals surface area contributed by atoms with E-state index in [4.69, 9.17) is 10.2 Å². The van der Waals surface area contributed by atoms with Gasteiger partial charge < -0.3 is 10.2 Å². The summed E-state index contributed by atoms with van der Waals surface area (Å²) < 4.78 is 19.1. The molecule has 0 spiro atoms. The van der Waals surface area contributed by atoms with E-state index >= 15 is 0 Å². The zero-order valence-electron chi connectivity index (χ0n) is 11.9. The lowest BCUT2D eigenvalue weighted by atomic mass is 9.95. The minimum Gasteiger partial charge on any atom is -0.459 e. The molecule has 0 aliphatic carbocycles. The van der Waals surface area contributed by atoms with Gasteiger partial charge in [-0.05, 0) is 37.5 Å². The highest BCUT2D eigenvalue weighted by atomic mass is 19.1. The number of furan rings is 1. The number of nitrogens with two attached hydrogens (primary N) is 1. The van der Waals surface area contributed by atoms with Crippen LogP contribution in [0.3, 0.4) is 0 Å². The lowest BCUT2D eigenvalue weighted by molar-refractivity contribution is 0.395. The molecule has 2 aromatic rings. The zero-order chi connectivity index (χ0) is 14.0. The molecule has 1 aromatic heterocycles. The summed E-state index contributed by atoms with van der Waals surface area (Å²) in [6.07, 6.45) is 3.23. The van der Waals surface area contributed by atoms with E-state index in [1.165, 1.54) is 18.6 Å². The van der Waals surface area contributed by atoms with Crippen molar-refractivity contribution in [3.05, 3.63) is 35.3 Å². The van der Waals surface area contributed by atoms with Gasteiger partial charge in [-0.15, -0.1) is 0 Å². The molecule has 0 amide bonds. The Hall–Kier alpha value is -1.35. The monoisotopic (exact) mass is 263 g/mol. The van der Waals surface area contributed by atoms with Gasteiger partial charge in [0.1, 0.15) is 17.2 Å². The summed E-state index contributed by atoms with van der Waals surface area (Å²) in [6.45, 7) is 6.34. The van der Waals surface area contributed by atoms with E-state index in [-0.39, 0.29) is 11.9 Å². The van der Waals surface area contributed by atoms with Gasteiger partial charge in [0.2, 0.25) is 0 Å².